The predicted molar refractivity (Wildman–Crippen MR) is 95.3 cm³/mol. The minimum Gasteiger partial charge on any atom is -0.493 e. The Bertz CT molecular complexity index is 617. The van der Waals surface area contributed by atoms with Crippen molar-refractivity contribution >= 4 is 28.8 Å². The van der Waals surface area contributed by atoms with Crippen LogP contribution in [0.25, 0.3) is 0 Å². The van der Waals surface area contributed by atoms with E-state index in [0.29, 0.717) is 30.3 Å². The fraction of sp³-hybridized carbons (Fsp3) is 0.353. The van der Waals surface area contributed by atoms with Gasteiger partial charge in [0.15, 0.2) is 0 Å². The maximum absolute atomic E-state index is 12.0. The van der Waals surface area contributed by atoms with Crippen molar-refractivity contribution in [3.05, 3.63) is 51.7 Å². The predicted octanol–water partition coefficient (Wildman–Crippen LogP) is 3.59. The first-order chi connectivity index (χ1) is 11.1. The number of amides is 1. The summed E-state index contributed by atoms with van der Waals surface area (Å²) in [5.74, 6) is 0.656. The van der Waals surface area contributed by atoms with Crippen LogP contribution in [0.5, 0.6) is 5.75 Å². The lowest BCUT2D eigenvalue weighted by atomic mass is 10.1. The fourth-order valence-corrected chi connectivity index (χ4v) is 3.07. The van der Waals surface area contributed by atoms with E-state index in [1.54, 1.807) is 23.5 Å². The normalized spacial score (nSPS) is 12.2. The second kappa shape index (κ2) is 8.91. The van der Waals surface area contributed by atoms with Gasteiger partial charge in [0.2, 0.25) is 5.91 Å². The number of ether oxygens (including phenoxy) is 1. The van der Waals surface area contributed by atoms with E-state index in [1.807, 2.05) is 31.6 Å². The zero-order chi connectivity index (χ0) is 16.7. The molecule has 0 aliphatic heterocycles. The lowest BCUT2D eigenvalue weighted by molar-refractivity contribution is -0.121. The highest BCUT2D eigenvalue weighted by atomic mass is 35.5. The molecule has 0 spiro atoms. The summed E-state index contributed by atoms with van der Waals surface area (Å²) in [6, 6.07) is 9.43. The van der Waals surface area contributed by atoms with E-state index in [1.165, 1.54) is 5.56 Å². The van der Waals surface area contributed by atoms with Crippen molar-refractivity contribution in [3.8, 4) is 5.75 Å². The summed E-state index contributed by atoms with van der Waals surface area (Å²) in [7, 11) is 4.02. The van der Waals surface area contributed by atoms with Gasteiger partial charge in [0, 0.05) is 11.6 Å². The first kappa shape index (κ1) is 17.8. The number of rotatable bonds is 8. The summed E-state index contributed by atoms with van der Waals surface area (Å²) in [6.45, 7) is 0.914. The molecule has 1 N–H and O–H groups in total. The van der Waals surface area contributed by atoms with Crippen LogP contribution < -0.4 is 10.1 Å². The number of hydrogen-bond donors (Lipinski definition) is 1. The molecule has 6 heteroatoms. The van der Waals surface area contributed by atoms with Crippen LogP contribution in [-0.2, 0) is 4.79 Å². The van der Waals surface area contributed by atoms with Gasteiger partial charge in [-0.3, -0.25) is 4.79 Å². The molecule has 1 aromatic carbocycles. The van der Waals surface area contributed by atoms with Crippen LogP contribution in [0.4, 0.5) is 0 Å². The molecule has 1 amide bonds. The van der Waals surface area contributed by atoms with Gasteiger partial charge in [0.25, 0.3) is 0 Å². The smallest absolute Gasteiger partial charge is 0.223 e. The molecule has 2 aromatic rings. The second-order valence-electron chi connectivity index (χ2n) is 5.40. The van der Waals surface area contributed by atoms with Crippen molar-refractivity contribution in [3.63, 3.8) is 0 Å². The molecule has 4 nitrogen and oxygen atoms in total. The standard InChI is InChI=1S/C17H21ClN2O2S/c1-20(2)16(13-7-9-23-12-13)11-19-17(21)6-8-22-15-5-3-4-14(18)10-15/h3-5,7,9-10,12,16H,6,8,11H2,1-2H3,(H,19,21). The molecule has 0 saturated heterocycles. The zero-order valence-corrected chi connectivity index (χ0v) is 14.9. The molecule has 1 atom stereocenters. The summed E-state index contributed by atoms with van der Waals surface area (Å²) >= 11 is 7.55. The molecule has 1 aromatic heterocycles. The molecule has 1 unspecified atom stereocenters. The lowest BCUT2D eigenvalue weighted by Crippen LogP contribution is -2.34. The van der Waals surface area contributed by atoms with Gasteiger partial charge >= 0.3 is 0 Å². The van der Waals surface area contributed by atoms with Crippen LogP contribution in [0.1, 0.15) is 18.0 Å². The van der Waals surface area contributed by atoms with Crippen molar-refractivity contribution < 1.29 is 9.53 Å². The number of carbonyl (C=O) groups is 1. The summed E-state index contributed by atoms with van der Waals surface area (Å²) in [5, 5.41) is 7.75. The number of likely N-dealkylation sites (N-methyl/N-ethyl adjacent to an activating group) is 1. The lowest BCUT2D eigenvalue weighted by Gasteiger charge is -2.24. The molecule has 0 bridgehead atoms. The average molecular weight is 353 g/mol. The fourth-order valence-electron chi connectivity index (χ4n) is 2.18. The number of carbonyl (C=O) groups excluding carboxylic acids is 1. The topological polar surface area (TPSA) is 41.6 Å². The second-order valence-corrected chi connectivity index (χ2v) is 6.61. The van der Waals surface area contributed by atoms with Crippen LogP contribution in [0.2, 0.25) is 5.02 Å². The molecule has 23 heavy (non-hydrogen) atoms. The first-order valence-corrected chi connectivity index (χ1v) is 8.72. The van der Waals surface area contributed by atoms with E-state index in [4.69, 9.17) is 16.3 Å². The van der Waals surface area contributed by atoms with E-state index in [0.717, 1.165) is 0 Å². The molecule has 2 rings (SSSR count). The molecule has 0 saturated carbocycles. The first-order valence-electron chi connectivity index (χ1n) is 7.40. The van der Waals surface area contributed by atoms with E-state index < -0.39 is 0 Å². The van der Waals surface area contributed by atoms with Gasteiger partial charge in [-0.15, -0.1) is 0 Å². The van der Waals surface area contributed by atoms with Crippen molar-refractivity contribution in [2.45, 2.75) is 12.5 Å². The summed E-state index contributed by atoms with van der Waals surface area (Å²) in [4.78, 5) is 14.1. The van der Waals surface area contributed by atoms with Crippen LogP contribution in [0.15, 0.2) is 41.1 Å². The van der Waals surface area contributed by atoms with Crippen LogP contribution in [0, 0.1) is 0 Å². The summed E-state index contributed by atoms with van der Waals surface area (Å²) in [6.07, 6.45) is 0.316. The SMILES string of the molecule is CN(C)C(CNC(=O)CCOc1cccc(Cl)c1)c1ccsc1. The molecular weight excluding hydrogens is 332 g/mol. The van der Waals surface area contributed by atoms with Crippen LogP contribution in [0.3, 0.4) is 0 Å². The van der Waals surface area contributed by atoms with Gasteiger partial charge in [0.05, 0.1) is 19.1 Å². The highest BCUT2D eigenvalue weighted by Crippen LogP contribution is 2.20. The van der Waals surface area contributed by atoms with Gasteiger partial charge < -0.3 is 15.0 Å². The van der Waals surface area contributed by atoms with Crippen LogP contribution in [-0.4, -0.2) is 38.1 Å². The Morgan fingerprint density at radius 2 is 2.22 bits per heavy atom. The maximum Gasteiger partial charge on any atom is 0.223 e. The number of nitrogens with zero attached hydrogens (tertiary/aromatic N) is 1. The van der Waals surface area contributed by atoms with Gasteiger partial charge in [-0.25, -0.2) is 0 Å². The number of hydrogen-bond acceptors (Lipinski definition) is 4. The molecular formula is C17H21ClN2O2S. The molecule has 0 aliphatic rings. The van der Waals surface area contributed by atoms with Gasteiger partial charge in [-0.2, -0.15) is 11.3 Å². The van der Waals surface area contributed by atoms with Crippen LogP contribution >= 0.6 is 22.9 Å². The van der Waals surface area contributed by atoms with E-state index in [2.05, 4.69) is 21.7 Å². The third-order valence-electron chi connectivity index (χ3n) is 3.44. The Hall–Kier alpha value is -1.56. The average Bonchev–Trinajstić information content (AvgIpc) is 3.01. The highest BCUT2D eigenvalue weighted by Gasteiger charge is 2.15. The minimum absolute atomic E-state index is 0.0193. The minimum atomic E-state index is -0.0193. The van der Waals surface area contributed by atoms with Crippen molar-refractivity contribution in [1.29, 1.82) is 0 Å². The molecule has 1 heterocycles. The highest BCUT2D eigenvalue weighted by molar-refractivity contribution is 7.07. The molecule has 124 valence electrons. The number of nitrogens with one attached hydrogen (secondary N) is 1. The van der Waals surface area contributed by atoms with Gasteiger partial charge in [0.1, 0.15) is 5.75 Å². The van der Waals surface area contributed by atoms with Crippen molar-refractivity contribution in [2.75, 3.05) is 27.2 Å². The molecule has 0 fully saturated rings. The third-order valence-corrected chi connectivity index (χ3v) is 4.37. The van der Waals surface area contributed by atoms with E-state index >= 15 is 0 Å². The quantitative estimate of drug-likeness (QED) is 0.789. The Kier molecular flexibility index (Phi) is 6.89. The Morgan fingerprint density at radius 1 is 1.39 bits per heavy atom. The van der Waals surface area contributed by atoms with Gasteiger partial charge in [-0.05, 0) is 54.7 Å². The number of halogens is 1. The van der Waals surface area contributed by atoms with Gasteiger partial charge in [-0.1, -0.05) is 17.7 Å². The number of thiophene rings is 1. The van der Waals surface area contributed by atoms with E-state index in [-0.39, 0.29) is 11.9 Å². The Balaban J connectivity index is 1.74. The maximum atomic E-state index is 12.0. The Morgan fingerprint density at radius 3 is 2.87 bits per heavy atom. The monoisotopic (exact) mass is 352 g/mol. The third kappa shape index (κ3) is 5.86. The summed E-state index contributed by atoms with van der Waals surface area (Å²) in [5.41, 5.74) is 1.22. The number of benzene rings is 1. The molecule has 0 aliphatic carbocycles. The van der Waals surface area contributed by atoms with E-state index in [9.17, 15) is 4.79 Å². The van der Waals surface area contributed by atoms with Crippen molar-refractivity contribution in [2.24, 2.45) is 0 Å². The van der Waals surface area contributed by atoms with Crippen molar-refractivity contribution in [1.82, 2.24) is 10.2 Å². The largest absolute Gasteiger partial charge is 0.493 e. The summed E-state index contributed by atoms with van der Waals surface area (Å²) < 4.78 is 5.53. The Labute approximate surface area is 146 Å². The molecule has 0 radical (unpaired) electrons. The zero-order valence-electron chi connectivity index (χ0n) is 13.3.